The minimum absolute atomic E-state index is 0.110. The lowest BCUT2D eigenvalue weighted by Gasteiger charge is -2.31. The fourth-order valence-electron chi connectivity index (χ4n) is 2.79. The van der Waals surface area contributed by atoms with Gasteiger partial charge >= 0.3 is 6.01 Å². The summed E-state index contributed by atoms with van der Waals surface area (Å²) in [6.07, 6.45) is 2.35. The van der Waals surface area contributed by atoms with Gasteiger partial charge in [0.1, 0.15) is 6.10 Å². The van der Waals surface area contributed by atoms with Gasteiger partial charge in [0.05, 0.1) is 23.5 Å². The molecule has 144 valence electrons. The van der Waals surface area contributed by atoms with E-state index in [1.165, 1.54) is 35.8 Å². The maximum absolute atomic E-state index is 12.9. The van der Waals surface area contributed by atoms with Crippen LogP contribution in [0.1, 0.15) is 12.8 Å². The molecule has 1 unspecified atom stereocenters. The Morgan fingerprint density at radius 1 is 1.33 bits per heavy atom. The van der Waals surface area contributed by atoms with Gasteiger partial charge in [0.2, 0.25) is 15.9 Å². The lowest BCUT2D eigenvalue weighted by molar-refractivity contribution is -0.385. The molecule has 0 radical (unpaired) electrons. The molecule has 1 atom stereocenters. The van der Waals surface area contributed by atoms with Gasteiger partial charge in [0.25, 0.3) is 5.69 Å². The van der Waals surface area contributed by atoms with Crippen molar-refractivity contribution in [1.82, 2.24) is 14.3 Å². The summed E-state index contributed by atoms with van der Waals surface area (Å²) in [6.45, 7) is 0.440. The summed E-state index contributed by atoms with van der Waals surface area (Å²) >= 11 is 0. The van der Waals surface area contributed by atoms with Crippen LogP contribution < -0.4 is 9.47 Å². The molecule has 1 aromatic carbocycles. The van der Waals surface area contributed by atoms with Gasteiger partial charge in [-0.3, -0.25) is 10.1 Å². The second-order valence-electron chi connectivity index (χ2n) is 5.88. The zero-order chi connectivity index (χ0) is 19.4. The SMILES string of the molecule is COc1nccc(OC2CCCN(S(=O)(=O)c3cccc([N+](=O)[O-])c3)C2)n1. The van der Waals surface area contributed by atoms with Crippen molar-refractivity contribution in [2.75, 3.05) is 20.2 Å². The average Bonchev–Trinajstić information content (AvgIpc) is 2.68. The summed E-state index contributed by atoms with van der Waals surface area (Å²) in [5.74, 6) is 0.293. The highest BCUT2D eigenvalue weighted by Crippen LogP contribution is 2.25. The van der Waals surface area contributed by atoms with E-state index in [4.69, 9.17) is 9.47 Å². The Hall–Kier alpha value is -2.79. The van der Waals surface area contributed by atoms with Gasteiger partial charge in [0.15, 0.2) is 0 Å². The Kier molecular flexibility index (Phi) is 5.51. The molecule has 1 aromatic heterocycles. The number of benzene rings is 1. The van der Waals surface area contributed by atoms with Crippen LogP contribution in [-0.4, -0.2) is 53.9 Å². The van der Waals surface area contributed by atoms with Gasteiger partial charge in [-0.1, -0.05) is 6.07 Å². The third-order valence-electron chi connectivity index (χ3n) is 4.09. The highest BCUT2D eigenvalue weighted by molar-refractivity contribution is 7.89. The van der Waals surface area contributed by atoms with E-state index < -0.39 is 21.1 Å². The van der Waals surface area contributed by atoms with E-state index in [0.717, 1.165) is 6.07 Å². The molecule has 1 aliphatic heterocycles. The van der Waals surface area contributed by atoms with Crippen molar-refractivity contribution >= 4 is 15.7 Å². The van der Waals surface area contributed by atoms with E-state index in [1.54, 1.807) is 6.07 Å². The standard InChI is InChI=1S/C16H18N4O6S/c1-25-16-17-8-7-15(18-16)26-13-5-3-9-19(11-13)27(23,24)14-6-2-4-12(10-14)20(21)22/h2,4,6-8,10,13H,3,5,9,11H2,1H3. The maximum Gasteiger partial charge on any atom is 0.319 e. The first-order chi connectivity index (χ1) is 12.9. The largest absolute Gasteiger partial charge is 0.473 e. The maximum atomic E-state index is 12.9. The van der Waals surface area contributed by atoms with Crippen molar-refractivity contribution in [3.05, 3.63) is 46.6 Å². The van der Waals surface area contributed by atoms with Crippen molar-refractivity contribution < 1.29 is 22.8 Å². The Bertz CT molecular complexity index is 936. The number of methoxy groups -OCH3 is 1. The minimum Gasteiger partial charge on any atom is -0.473 e. The van der Waals surface area contributed by atoms with Crippen LogP contribution in [0.2, 0.25) is 0 Å². The molecule has 0 amide bonds. The number of nitro benzene ring substituents is 1. The molecule has 27 heavy (non-hydrogen) atoms. The molecule has 0 saturated carbocycles. The second-order valence-corrected chi connectivity index (χ2v) is 7.82. The summed E-state index contributed by atoms with van der Waals surface area (Å²) < 4.78 is 37.7. The van der Waals surface area contributed by atoms with Crippen LogP contribution in [0, 0.1) is 10.1 Å². The number of non-ortho nitro benzene ring substituents is 1. The first kappa shape index (κ1) is 19.0. The highest BCUT2D eigenvalue weighted by Gasteiger charge is 2.32. The number of aromatic nitrogens is 2. The van der Waals surface area contributed by atoms with E-state index in [2.05, 4.69) is 9.97 Å². The van der Waals surface area contributed by atoms with Crippen LogP contribution in [0.3, 0.4) is 0 Å². The molecule has 10 nitrogen and oxygen atoms in total. The number of sulfonamides is 1. The monoisotopic (exact) mass is 394 g/mol. The van der Waals surface area contributed by atoms with Crippen LogP contribution in [0.5, 0.6) is 11.9 Å². The number of hydrogen-bond acceptors (Lipinski definition) is 8. The van der Waals surface area contributed by atoms with E-state index in [9.17, 15) is 18.5 Å². The number of rotatable bonds is 6. The fraction of sp³-hybridized carbons (Fsp3) is 0.375. The van der Waals surface area contributed by atoms with Crippen molar-refractivity contribution in [2.24, 2.45) is 0 Å². The molecule has 1 fully saturated rings. The Morgan fingerprint density at radius 3 is 2.89 bits per heavy atom. The van der Waals surface area contributed by atoms with E-state index >= 15 is 0 Å². The van der Waals surface area contributed by atoms with Crippen LogP contribution in [0.25, 0.3) is 0 Å². The predicted octanol–water partition coefficient (Wildman–Crippen LogP) is 1.63. The van der Waals surface area contributed by atoms with Crippen molar-refractivity contribution in [3.63, 3.8) is 0 Å². The lowest BCUT2D eigenvalue weighted by atomic mass is 10.1. The van der Waals surface area contributed by atoms with Gasteiger partial charge in [-0.15, -0.1) is 0 Å². The zero-order valence-corrected chi connectivity index (χ0v) is 15.3. The van der Waals surface area contributed by atoms with Gasteiger partial charge in [-0.05, 0) is 18.9 Å². The molecule has 2 aromatic rings. The van der Waals surface area contributed by atoms with Gasteiger partial charge < -0.3 is 9.47 Å². The van der Waals surface area contributed by atoms with E-state index in [0.29, 0.717) is 25.3 Å². The van der Waals surface area contributed by atoms with Crippen LogP contribution in [0.15, 0.2) is 41.4 Å². The Balaban J connectivity index is 1.76. The average molecular weight is 394 g/mol. The van der Waals surface area contributed by atoms with Crippen LogP contribution >= 0.6 is 0 Å². The van der Waals surface area contributed by atoms with Crippen LogP contribution in [-0.2, 0) is 10.0 Å². The summed E-state index contributed by atoms with van der Waals surface area (Å²) in [4.78, 5) is 18.1. The third-order valence-corrected chi connectivity index (χ3v) is 5.95. The molecule has 2 heterocycles. The molecule has 0 bridgehead atoms. The molecule has 0 N–H and O–H groups in total. The topological polar surface area (TPSA) is 125 Å². The molecular weight excluding hydrogens is 376 g/mol. The number of nitrogens with zero attached hydrogens (tertiary/aromatic N) is 4. The highest BCUT2D eigenvalue weighted by atomic mass is 32.2. The summed E-state index contributed by atoms with van der Waals surface area (Å²) in [5.41, 5.74) is -0.269. The van der Waals surface area contributed by atoms with Gasteiger partial charge in [-0.25, -0.2) is 13.4 Å². The Labute approximate surface area is 156 Å². The number of hydrogen-bond donors (Lipinski definition) is 0. The van der Waals surface area contributed by atoms with Crippen molar-refractivity contribution in [1.29, 1.82) is 0 Å². The van der Waals surface area contributed by atoms with Crippen molar-refractivity contribution in [3.8, 4) is 11.9 Å². The molecule has 0 aliphatic carbocycles. The Morgan fingerprint density at radius 2 is 2.15 bits per heavy atom. The quantitative estimate of drug-likeness (QED) is 0.535. The van der Waals surface area contributed by atoms with Crippen LogP contribution in [0.4, 0.5) is 5.69 Å². The van der Waals surface area contributed by atoms with Gasteiger partial charge in [0, 0.05) is 30.9 Å². The number of piperidine rings is 1. The van der Waals surface area contributed by atoms with Gasteiger partial charge in [-0.2, -0.15) is 9.29 Å². The molecule has 11 heteroatoms. The molecular formula is C16H18N4O6S. The molecule has 0 spiro atoms. The first-order valence-corrected chi connectivity index (χ1v) is 9.62. The van der Waals surface area contributed by atoms with Crippen molar-refractivity contribution in [2.45, 2.75) is 23.8 Å². The molecule has 1 aliphatic rings. The summed E-state index contributed by atoms with van der Waals surface area (Å²) in [5, 5.41) is 10.9. The minimum atomic E-state index is -3.86. The second kappa shape index (κ2) is 7.84. The lowest BCUT2D eigenvalue weighted by Crippen LogP contribution is -2.44. The normalized spacial score (nSPS) is 18.0. The summed E-state index contributed by atoms with van der Waals surface area (Å²) in [6, 6.07) is 6.75. The van der Waals surface area contributed by atoms with E-state index in [1.807, 2.05) is 0 Å². The number of ether oxygens (including phenoxy) is 2. The third kappa shape index (κ3) is 4.31. The molecule has 1 saturated heterocycles. The summed E-state index contributed by atoms with van der Waals surface area (Å²) in [7, 11) is -2.43. The first-order valence-electron chi connectivity index (χ1n) is 8.18. The predicted molar refractivity (Wildman–Crippen MR) is 94.1 cm³/mol. The van der Waals surface area contributed by atoms with E-state index in [-0.39, 0.29) is 23.1 Å². The fourth-order valence-corrected chi connectivity index (χ4v) is 4.34. The number of nitro groups is 1. The smallest absolute Gasteiger partial charge is 0.319 e. The zero-order valence-electron chi connectivity index (χ0n) is 14.5. The molecule has 3 rings (SSSR count).